The predicted molar refractivity (Wildman–Crippen MR) is 158 cm³/mol. The lowest BCUT2D eigenvalue weighted by Gasteiger charge is -2.49. The van der Waals surface area contributed by atoms with Crippen LogP contribution in [0.3, 0.4) is 0 Å². The average Bonchev–Trinajstić information content (AvgIpc) is 3.38. The zero-order valence-electron chi connectivity index (χ0n) is 24.0. The molecule has 0 aromatic heterocycles. The summed E-state index contributed by atoms with van der Waals surface area (Å²) in [6.45, 7) is 1.98. The van der Waals surface area contributed by atoms with E-state index < -0.39 is 35.0 Å². The third-order valence-corrected chi connectivity index (χ3v) is 10.1. The van der Waals surface area contributed by atoms with Crippen molar-refractivity contribution in [3.05, 3.63) is 102 Å². The third-order valence-electron chi connectivity index (χ3n) is 10.1. The molecule has 0 unspecified atom stereocenters. The first-order valence-electron chi connectivity index (χ1n) is 14.7. The molecule has 2 heterocycles. The van der Waals surface area contributed by atoms with Gasteiger partial charge in [-0.05, 0) is 55.5 Å². The van der Waals surface area contributed by atoms with Crippen LogP contribution in [0.4, 0.5) is 5.69 Å². The largest absolute Gasteiger partial charge is 0.508 e. The van der Waals surface area contributed by atoms with Crippen LogP contribution in [0.1, 0.15) is 36.8 Å². The highest BCUT2D eigenvalue weighted by Crippen LogP contribution is 2.65. The summed E-state index contributed by atoms with van der Waals surface area (Å²) in [6.07, 6.45) is 2.57. The van der Waals surface area contributed by atoms with Gasteiger partial charge in [-0.2, -0.15) is 0 Å². The highest BCUT2D eigenvalue weighted by molar-refractivity contribution is 6.24. The number of carbonyl (C=O) groups is 4. The summed E-state index contributed by atoms with van der Waals surface area (Å²) in [4.78, 5) is 59.0. The number of benzene rings is 3. The summed E-state index contributed by atoms with van der Waals surface area (Å²) in [7, 11) is 1.50. The van der Waals surface area contributed by atoms with E-state index in [0.717, 1.165) is 11.1 Å². The number of rotatable bonds is 5. The smallest absolute Gasteiger partial charge is 0.241 e. The number of hydrogen-bond acceptors (Lipinski definition) is 6. The van der Waals surface area contributed by atoms with E-state index in [4.69, 9.17) is 4.74 Å². The van der Waals surface area contributed by atoms with Gasteiger partial charge in [-0.15, -0.1) is 0 Å². The van der Waals surface area contributed by atoms with Crippen LogP contribution < -0.4 is 9.64 Å². The Balaban J connectivity index is 1.37. The summed E-state index contributed by atoms with van der Waals surface area (Å²) in [5.41, 5.74) is 1.30. The Morgan fingerprint density at radius 1 is 0.860 bits per heavy atom. The van der Waals surface area contributed by atoms with E-state index in [-0.39, 0.29) is 42.3 Å². The van der Waals surface area contributed by atoms with Crippen molar-refractivity contribution in [2.45, 2.75) is 32.2 Å². The number of phenols is 1. The Labute approximate surface area is 249 Å². The Bertz CT molecular complexity index is 1680. The molecule has 0 spiro atoms. The van der Waals surface area contributed by atoms with Crippen molar-refractivity contribution in [2.24, 2.45) is 29.1 Å². The van der Waals surface area contributed by atoms with Crippen molar-refractivity contribution in [2.75, 3.05) is 12.0 Å². The van der Waals surface area contributed by atoms with Gasteiger partial charge in [0.15, 0.2) is 0 Å². The molecule has 6 atom stereocenters. The number of amides is 4. The highest BCUT2D eigenvalue weighted by atomic mass is 16.5. The highest BCUT2D eigenvalue weighted by Gasteiger charge is 2.68. The second kappa shape index (κ2) is 9.93. The summed E-state index contributed by atoms with van der Waals surface area (Å²) in [6, 6.07) is 23.2. The molecule has 1 N–H and O–H groups in total. The second-order valence-electron chi connectivity index (χ2n) is 12.1. The van der Waals surface area contributed by atoms with Gasteiger partial charge in [-0.25, -0.2) is 4.90 Å². The zero-order chi connectivity index (χ0) is 30.0. The number of aromatic hydroxyl groups is 1. The Hall–Kier alpha value is -4.72. The lowest BCUT2D eigenvalue weighted by atomic mass is 9.51. The van der Waals surface area contributed by atoms with Gasteiger partial charge < -0.3 is 9.84 Å². The van der Waals surface area contributed by atoms with E-state index >= 15 is 0 Å². The molecule has 8 heteroatoms. The number of ether oxygens (including phenoxy) is 1. The van der Waals surface area contributed by atoms with Gasteiger partial charge in [-0.3, -0.25) is 24.1 Å². The van der Waals surface area contributed by atoms with Crippen LogP contribution in [-0.4, -0.2) is 40.7 Å². The molecule has 2 aliphatic carbocycles. The van der Waals surface area contributed by atoms with Gasteiger partial charge >= 0.3 is 0 Å². The van der Waals surface area contributed by atoms with Crippen molar-refractivity contribution in [3.63, 3.8) is 0 Å². The third kappa shape index (κ3) is 3.82. The van der Waals surface area contributed by atoms with Gasteiger partial charge in [-0.1, -0.05) is 66.2 Å². The molecule has 7 rings (SSSR count). The fraction of sp³-hybridized carbons (Fsp3) is 0.314. The lowest BCUT2D eigenvalue weighted by Crippen LogP contribution is -2.49. The number of nitrogens with zero attached hydrogens (tertiary/aromatic N) is 2. The minimum absolute atomic E-state index is 0.0501. The van der Waals surface area contributed by atoms with Crippen LogP contribution >= 0.6 is 0 Å². The number of para-hydroxylation sites is 1. The van der Waals surface area contributed by atoms with Crippen molar-refractivity contribution < 1.29 is 29.0 Å². The average molecular weight is 577 g/mol. The van der Waals surface area contributed by atoms with E-state index in [2.05, 4.69) is 0 Å². The maximum Gasteiger partial charge on any atom is 0.241 e. The molecule has 4 aliphatic rings. The van der Waals surface area contributed by atoms with Gasteiger partial charge in [0.25, 0.3) is 0 Å². The fourth-order valence-corrected chi connectivity index (χ4v) is 8.13. The van der Waals surface area contributed by atoms with E-state index in [0.29, 0.717) is 23.4 Å². The Morgan fingerprint density at radius 3 is 2.26 bits per heavy atom. The van der Waals surface area contributed by atoms with Crippen molar-refractivity contribution in [3.8, 4) is 11.5 Å². The molecular formula is C35H32N2O6. The topological polar surface area (TPSA) is 104 Å². The maximum absolute atomic E-state index is 14.5. The minimum Gasteiger partial charge on any atom is -0.508 e. The molecule has 3 aromatic rings. The number of phenolic OH excluding ortho intramolecular Hbond substituents is 1. The molecule has 0 bridgehead atoms. The number of carbonyl (C=O) groups excluding carboxylic acids is 4. The van der Waals surface area contributed by atoms with Crippen LogP contribution in [0.5, 0.6) is 11.5 Å². The lowest BCUT2D eigenvalue weighted by molar-refractivity contribution is -0.141. The summed E-state index contributed by atoms with van der Waals surface area (Å²) < 4.78 is 5.71. The molecular weight excluding hydrogens is 544 g/mol. The van der Waals surface area contributed by atoms with Crippen LogP contribution in [0, 0.1) is 29.1 Å². The number of likely N-dealkylation sites (tertiary alicyclic amines) is 1. The molecule has 43 heavy (non-hydrogen) atoms. The van der Waals surface area contributed by atoms with Crippen molar-refractivity contribution >= 4 is 29.3 Å². The predicted octanol–water partition coefficient (Wildman–Crippen LogP) is 4.83. The zero-order valence-corrected chi connectivity index (χ0v) is 24.0. The monoisotopic (exact) mass is 576 g/mol. The van der Waals surface area contributed by atoms with Crippen molar-refractivity contribution in [1.29, 1.82) is 0 Å². The van der Waals surface area contributed by atoms with Gasteiger partial charge in [0, 0.05) is 11.5 Å². The summed E-state index contributed by atoms with van der Waals surface area (Å²) >= 11 is 0. The summed E-state index contributed by atoms with van der Waals surface area (Å²) in [5.74, 6) is -3.99. The van der Waals surface area contributed by atoms with Gasteiger partial charge in [0.1, 0.15) is 11.5 Å². The number of anilines is 1. The summed E-state index contributed by atoms with van der Waals surface area (Å²) in [5, 5.41) is 11.3. The molecule has 3 aromatic carbocycles. The molecule has 1 saturated carbocycles. The Kier molecular flexibility index (Phi) is 6.27. The molecule has 3 fully saturated rings. The van der Waals surface area contributed by atoms with E-state index in [9.17, 15) is 24.3 Å². The quantitative estimate of drug-likeness (QED) is 0.345. The van der Waals surface area contributed by atoms with Gasteiger partial charge in [0.05, 0.1) is 42.5 Å². The first-order valence-corrected chi connectivity index (χ1v) is 14.7. The minimum atomic E-state index is -1.26. The molecule has 4 amide bonds. The number of allylic oxidation sites excluding steroid dienone is 2. The van der Waals surface area contributed by atoms with Gasteiger partial charge in [0.2, 0.25) is 23.6 Å². The first-order chi connectivity index (χ1) is 20.8. The SMILES string of the molecule is COc1cccc(O)c1[C@H]1C2=CC[C@@H]3C(=O)N(Cc4ccccc4)C(=O)[C@@H]3[C@@H]2C[C@H]2C(=O)N(c3ccccc3)C(=O)[C@@]12C. The van der Waals surface area contributed by atoms with Crippen LogP contribution in [-0.2, 0) is 25.7 Å². The number of methoxy groups -OCH3 is 1. The van der Waals surface area contributed by atoms with Crippen LogP contribution in [0.2, 0.25) is 0 Å². The van der Waals surface area contributed by atoms with Crippen LogP contribution in [0.15, 0.2) is 90.5 Å². The number of hydrogen-bond donors (Lipinski definition) is 1. The first kappa shape index (κ1) is 27.1. The molecule has 0 radical (unpaired) electrons. The van der Waals surface area contributed by atoms with E-state index in [1.165, 1.54) is 16.9 Å². The maximum atomic E-state index is 14.5. The van der Waals surface area contributed by atoms with Crippen LogP contribution in [0.25, 0.3) is 0 Å². The molecule has 2 saturated heterocycles. The van der Waals surface area contributed by atoms with E-state index in [1.807, 2.05) is 42.5 Å². The normalized spacial score (nSPS) is 29.7. The Morgan fingerprint density at radius 2 is 1.56 bits per heavy atom. The fourth-order valence-electron chi connectivity index (χ4n) is 8.13. The number of fused-ring (bicyclic) bond motifs is 4. The standard InChI is InChI=1S/C35H32N2O6/c1-35-25(32(40)37(34(35)42)21-12-7-4-8-13-21)18-24-22(30(35)29-26(38)14-9-15-27(29)43-2)16-17-23-28(24)33(41)36(31(23)39)19-20-10-5-3-6-11-20/h3-16,23-25,28,30,38H,17-19H2,1-2H3/t23-,24+,25-,28-,30+,35+/m0/s1. The molecule has 8 nitrogen and oxygen atoms in total. The van der Waals surface area contributed by atoms with E-state index in [1.54, 1.807) is 49.4 Å². The second-order valence-corrected chi connectivity index (χ2v) is 12.1. The number of imide groups is 2. The van der Waals surface area contributed by atoms with Crippen molar-refractivity contribution in [1.82, 2.24) is 4.90 Å². The molecule has 218 valence electrons. The molecule has 2 aliphatic heterocycles.